The Morgan fingerprint density at radius 1 is 1.25 bits per heavy atom. The SMILES string of the molecule is Nn1c(SCC(=O)Nc2ccccc2Cl)nnc1-c1cccnc1. The van der Waals surface area contributed by atoms with Crippen LogP contribution in [0.2, 0.25) is 5.02 Å². The molecule has 24 heavy (non-hydrogen) atoms. The van der Waals surface area contributed by atoms with E-state index in [1.165, 1.54) is 16.4 Å². The number of nitrogen functional groups attached to an aromatic ring is 1. The molecule has 2 heterocycles. The van der Waals surface area contributed by atoms with Crippen LogP contribution >= 0.6 is 23.4 Å². The summed E-state index contributed by atoms with van der Waals surface area (Å²) in [4.78, 5) is 16.0. The third-order valence-electron chi connectivity index (χ3n) is 3.06. The van der Waals surface area contributed by atoms with Crippen LogP contribution in [0.15, 0.2) is 53.9 Å². The number of nitrogens with two attached hydrogens (primary N) is 1. The van der Waals surface area contributed by atoms with Gasteiger partial charge in [0, 0.05) is 18.0 Å². The topological polar surface area (TPSA) is 98.7 Å². The third-order valence-corrected chi connectivity index (χ3v) is 4.34. The Bertz CT molecular complexity index is 854. The molecule has 3 N–H and O–H groups in total. The first kappa shape index (κ1) is 16.3. The molecule has 0 saturated heterocycles. The molecule has 0 fully saturated rings. The zero-order valence-electron chi connectivity index (χ0n) is 12.4. The van der Waals surface area contributed by atoms with E-state index in [0.29, 0.717) is 21.7 Å². The van der Waals surface area contributed by atoms with E-state index < -0.39 is 0 Å². The lowest BCUT2D eigenvalue weighted by Gasteiger charge is -2.06. The van der Waals surface area contributed by atoms with E-state index in [0.717, 1.165) is 5.56 Å². The van der Waals surface area contributed by atoms with Crippen LogP contribution in [0.3, 0.4) is 0 Å². The third kappa shape index (κ3) is 3.66. The average Bonchev–Trinajstić information content (AvgIpc) is 2.97. The van der Waals surface area contributed by atoms with E-state index in [1.807, 2.05) is 6.07 Å². The highest BCUT2D eigenvalue weighted by molar-refractivity contribution is 7.99. The number of carbonyl (C=O) groups is 1. The van der Waals surface area contributed by atoms with Crippen LogP contribution < -0.4 is 11.2 Å². The number of benzene rings is 1. The molecule has 9 heteroatoms. The molecule has 7 nitrogen and oxygen atoms in total. The van der Waals surface area contributed by atoms with Crippen LogP contribution in [0.1, 0.15) is 0 Å². The number of amides is 1. The summed E-state index contributed by atoms with van der Waals surface area (Å²) in [6.45, 7) is 0. The fraction of sp³-hybridized carbons (Fsp3) is 0.0667. The van der Waals surface area contributed by atoms with Crippen molar-refractivity contribution in [3.63, 3.8) is 0 Å². The number of pyridine rings is 1. The summed E-state index contributed by atoms with van der Waals surface area (Å²) >= 11 is 7.19. The highest BCUT2D eigenvalue weighted by atomic mass is 35.5. The van der Waals surface area contributed by atoms with E-state index in [9.17, 15) is 4.79 Å². The molecular weight excluding hydrogens is 348 g/mol. The molecular formula is C15H13ClN6OS. The second kappa shape index (κ2) is 7.33. The molecule has 0 aliphatic heterocycles. The number of nitrogens with one attached hydrogen (secondary N) is 1. The number of halogens is 1. The van der Waals surface area contributed by atoms with Gasteiger partial charge in [-0.05, 0) is 24.3 Å². The quantitative estimate of drug-likeness (QED) is 0.535. The maximum atomic E-state index is 12.0. The molecule has 122 valence electrons. The zero-order chi connectivity index (χ0) is 16.9. The number of carbonyl (C=O) groups excluding carboxylic acids is 1. The highest BCUT2D eigenvalue weighted by Gasteiger charge is 2.14. The number of anilines is 1. The second-order valence-corrected chi connectivity index (χ2v) is 6.08. The Morgan fingerprint density at radius 3 is 2.83 bits per heavy atom. The molecule has 3 rings (SSSR count). The lowest BCUT2D eigenvalue weighted by Crippen LogP contribution is -2.16. The van der Waals surface area contributed by atoms with Crippen molar-refractivity contribution in [2.24, 2.45) is 0 Å². The number of hydrogen-bond acceptors (Lipinski definition) is 6. The van der Waals surface area contributed by atoms with Crippen molar-refractivity contribution in [3.05, 3.63) is 53.8 Å². The molecule has 0 atom stereocenters. The van der Waals surface area contributed by atoms with Gasteiger partial charge in [-0.3, -0.25) is 9.78 Å². The van der Waals surface area contributed by atoms with Crippen LogP contribution in [0.5, 0.6) is 0 Å². The first-order chi connectivity index (χ1) is 11.6. The summed E-state index contributed by atoms with van der Waals surface area (Å²) in [6, 6.07) is 10.7. The molecule has 1 aromatic carbocycles. The van der Waals surface area contributed by atoms with Crippen LogP contribution in [0.25, 0.3) is 11.4 Å². The predicted molar refractivity (Wildman–Crippen MR) is 94.2 cm³/mol. The fourth-order valence-electron chi connectivity index (χ4n) is 1.95. The summed E-state index contributed by atoms with van der Waals surface area (Å²) in [7, 11) is 0. The van der Waals surface area contributed by atoms with Crippen molar-refractivity contribution in [1.82, 2.24) is 19.9 Å². The minimum Gasteiger partial charge on any atom is -0.335 e. The van der Waals surface area contributed by atoms with Gasteiger partial charge in [0.2, 0.25) is 11.1 Å². The first-order valence-corrected chi connectivity index (χ1v) is 8.29. The van der Waals surface area contributed by atoms with Gasteiger partial charge in [0.05, 0.1) is 16.5 Å². The second-order valence-electron chi connectivity index (χ2n) is 4.73. The molecule has 0 bridgehead atoms. The summed E-state index contributed by atoms with van der Waals surface area (Å²) < 4.78 is 1.34. The standard InChI is InChI=1S/C15H13ClN6OS/c16-11-5-1-2-6-12(11)19-13(23)9-24-15-21-20-14(22(15)17)10-4-3-7-18-8-10/h1-8H,9,17H2,(H,19,23). The van der Waals surface area contributed by atoms with E-state index in [2.05, 4.69) is 20.5 Å². The van der Waals surface area contributed by atoms with Gasteiger partial charge >= 0.3 is 0 Å². The summed E-state index contributed by atoms with van der Waals surface area (Å²) in [6.07, 6.45) is 3.31. The molecule has 0 aliphatic rings. The largest absolute Gasteiger partial charge is 0.335 e. The number of nitrogens with zero attached hydrogens (tertiary/aromatic N) is 4. The van der Waals surface area contributed by atoms with Gasteiger partial charge in [-0.2, -0.15) is 0 Å². The lowest BCUT2D eigenvalue weighted by atomic mass is 10.3. The summed E-state index contributed by atoms with van der Waals surface area (Å²) in [5.41, 5.74) is 1.31. The Hall–Kier alpha value is -2.58. The Morgan fingerprint density at radius 2 is 2.08 bits per heavy atom. The normalized spacial score (nSPS) is 10.5. The molecule has 3 aromatic rings. The van der Waals surface area contributed by atoms with Gasteiger partial charge in [-0.25, -0.2) is 4.68 Å². The van der Waals surface area contributed by atoms with E-state index in [4.69, 9.17) is 17.4 Å². The van der Waals surface area contributed by atoms with Crippen molar-refractivity contribution in [3.8, 4) is 11.4 Å². The monoisotopic (exact) mass is 360 g/mol. The van der Waals surface area contributed by atoms with Crippen LogP contribution in [0, 0.1) is 0 Å². The van der Waals surface area contributed by atoms with Gasteiger partial charge in [-0.15, -0.1) is 10.2 Å². The molecule has 0 saturated carbocycles. The predicted octanol–water partition coefficient (Wildman–Crippen LogP) is 2.44. The van der Waals surface area contributed by atoms with Crippen LogP contribution in [-0.4, -0.2) is 31.5 Å². The summed E-state index contributed by atoms with van der Waals surface area (Å²) in [5, 5.41) is 11.7. The highest BCUT2D eigenvalue weighted by Crippen LogP contribution is 2.23. The summed E-state index contributed by atoms with van der Waals surface area (Å²) in [5.74, 6) is 6.40. The van der Waals surface area contributed by atoms with Gasteiger partial charge in [0.1, 0.15) is 0 Å². The fourth-order valence-corrected chi connectivity index (χ4v) is 2.79. The van der Waals surface area contributed by atoms with Gasteiger partial charge < -0.3 is 11.2 Å². The molecule has 0 aliphatic carbocycles. The molecule has 0 spiro atoms. The van der Waals surface area contributed by atoms with Crippen molar-refractivity contribution in [2.75, 3.05) is 16.9 Å². The number of aromatic nitrogens is 4. The minimum atomic E-state index is -0.209. The van der Waals surface area contributed by atoms with Crippen LogP contribution in [-0.2, 0) is 4.79 Å². The van der Waals surface area contributed by atoms with E-state index in [1.54, 1.807) is 42.7 Å². The molecule has 2 aromatic heterocycles. The smallest absolute Gasteiger partial charge is 0.234 e. The number of para-hydroxylation sites is 1. The number of rotatable bonds is 5. The number of thioether (sulfide) groups is 1. The molecule has 1 amide bonds. The van der Waals surface area contributed by atoms with Gasteiger partial charge in [-0.1, -0.05) is 35.5 Å². The maximum absolute atomic E-state index is 12.0. The lowest BCUT2D eigenvalue weighted by molar-refractivity contribution is -0.113. The van der Waals surface area contributed by atoms with Crippen molar-refractivity contribution < 1.29 is 4.79 Å². The van der Waals surface area contributed by atoms with Crippen molar-refractivity contribution >= 4 is 35.0 Å². The molecule has 0 unspecified atom stereocenters. The number of hydrogen-bond donors (Lipinski definition) is 2. The van der Waals surface area contributed by atoms with Crippen molar-refractivity contribution in [1.29, 1.82) is 0 Å². The Kier molecular flexibility index (Phi) is 4.97. The minimum absolute atomic E-state index is 0.133. The van der Waals surface area contributed by atoms with Gasteiger partial charge in [0.15, 0.2) is 5.82 Å². The average molecular weight is 361 g/mol. The van der Waals surface area contributed by atoms with Crippen LogP contribution in [0.4, 0.5) is 5.69 Å². The van der Waals surface area contributed by atoms with Crippen molar-refractivity contribution in [2.45, 2.75) is 5.16 Å². The Labute approximate surface area is 147 Å². The Balaban J connectivity index is 1.64. The van der Waals surface area contributed by atoms with E-state index in [-0.39, 0.29) is 11.7 Å². The van der Waals surface area contributed by atoms with Gasteiger partial charge in [0.25, 0.3) is 0 Å². The maximum Gasteiger partial charge on any atom is 0.234 e. The van der Waals surface area contributed by atoms with E-state index >= 15 is 0 Å². The molecule has 0 radical (unpaired) electrons. The first-order valence-electron chi connectivity index (χ1n) is 6.93. The zero-order valence-corrected chi connectivity index (χ0v) is 14.0.